The average molecular weight is 443 g/mol. The van der Waals surface area contributed by atoms with Gasteiger partial charge in [0.2, 0.25) is 0 Å². The van der Waals surface area contributed by atoms with Crippen molar-refractivity contribution in [3.8, 4) is 0 Å². The van der Waals surface area contributed by atoms with E-state index in [-0.39, 0.29) is 0 Å². The van der Waals surface area contributed by atoms with Crippen molar-refractivity contribution in [3.63, 3.8) is 0 Å². The van der Waals surface area contributed by atoms with Crippen LogP contribution in [0, 0.1) is 0 Å². The molecule has 0 amide bonds. The van der Waals surface area contributed by atoms with Gasteiger partial charge in [0.05, 0.1) is 11.1 Å². The monoisotopic (exact) mass is 442 g/mol. The SMILES string of the molecule is Nc1nc(CSc2nncn2CCc2cccs2)nc2sc3c(c12)CCCCC3. The first-order valence-corrected chi connectivity index (χ1v) is 12.6. The Kier molecular flexibility index (Phi) is 5.52. The maximum atomic E-state index is 6.37. The number of aryl methyl sites for hydroxylation is 4. The molecule has 0 saturated heterocycles. The van der Waals surface area contributed by atoms with Gasteiger partial charge in [-0.05, 0) is 49.1 Å². The molecule has 1 aliphatic rings. The Hall–Kier alpha value is -1.97. The molecular formula is C20H22N6S3. The predicted octanol–water partition coefficient (Wildman–Crippen LogP) is 4.73. The van der Waals surface area contributed by atoms with Crippen LogP contribution in [0.3, 0.4) is 0 Å². The number of nitrogen functional groups attached to an aromatic ring is 1. The van der Waals surface area contributed by atoms with Crippen LogP contribution in [0.5, 0.6) is 0 Å². The summed E-state index contributed by atoms with van der Waals surface area (Å²) < 4.78 is 2.10. The molecule has 0 aromatic carbocycles. The summed E-state index contributed by atoms with van der Waals surface area (Å²) in [5.41, 5.74) is 7.77. The van der Waals surface area contributed by atoms with Gasteiger partial charge in [-0.15, -0.1) is 32.9 Å². The lowest BCUT2D eigenvalue weighted by Crippen LogP contribution is -2.03. The Balaban J connectivity index is 1.32. The van der Waals surface area contributed by atoms with Crippen molar-refractivity contribution in [1.82, 2.24) is 24.7 Å². The zero-order valence-electron chi connectivity index (χ0n) is 16.0. The third kappa shape index (κ3) is 4.04. The van der Waals surface area contributed by atoms with E-state index in [1.54, 1.807) is 40.8 Å². The van der Waals surface area contributed by atoms with Crippen LogP contribution in [0.15, 0.2) is 29.0 Å². The molecule has 6 nitrogen and oxygen atoms in total. The normalized spacial score (nSPS) is 14.2. The first-order chi connectivity index (χ1) is 14.3. The van der Waals surface area contributed by atoms with E-state index in [0.29, 0.717) is 11.6 Å². The van der Waals surface area contributed by atoms with Crippen LogP contribution in [0.4, 0.5) is 5.82 Å². The Labute approximate surface area is 181 Å². The summed E-state index contributed by atoms with van der Waals surface area (Å²) in [5, 5.41) is 12.5. The first-order valence-electron chi connectivity index (χ1n) is 9.87. The number of rotatable bonds is 6. The summed E-state index contributed by atoms with van der Waals surface area (Å²) >= 11 is 5.20. The standard InChI is InChI=1S/C20H22N6S3/c21-18-17-14-6-2-1-3-7-15(14)29-19(17)24-16(23-18)11-28-20-25-22-12-26(20)9-8-13-5-4-10-27-13/h4-5,10,12H,1-3,6-9,11H2,(H2,21,23,24). The molecule has 4 heterocycles. The van der Waals surface area contributed by atoms with Crippen LogP contribution >= 0.6 is 34.4 Å². The number of thiophene rings is 2. The topological polar surface area (TPSA) is 82.5 Å². The van der Waals surface area contributed by atoms with Gasteiger partial charge in [-0.2, -0.15) is 0 Å². The van der Waals surface area contributed by atoms with E-state index in [4.69, 9.17) is 10.7 Å². The van der Waals surface area contributed by atoms with Gasteiger partial charge < -0.3 is 10.3 Å². The molecule has 5 rings (SSSR count). The molecule has 0 atom stereocenters. The third-order valence-corrected chi connectivity index (χ3v) is 8.33. The second-order valence-electron chi connectivity index (χ2n) is 7.19. The number of hydrogen-bond acceptors (Lipinski definition) is 8. The lowest BCUT2D eigenvalue weighted by Gasteiger charge is -2.06. The van der Waals surface area contributed by atoms with E-state index < -0.39 is 0 Å². The summed E-state index contributed by atoms with van der Waals surface area (Å²) in [7, 11) is 0. The molecule has 0 fully saturated rings. The molecule has 9 heteroatoms. The molecule has 0 unspecified atom stereocenters. The van der Waals surface area contributed by atoms with Crippen molar-refractivity contribution in [3.05, 3.63) is 45.0 Å². The van der Waals surface area contributed by atoms with E-state index in [9.17, 15) is 0 Å². The van der Waals surface area contributed by atoms with Gasteiger partial charge in [0.15, 0.2) is 5.16 Å². The molecule has 0 spiro atoms. The van der Waals surface area contributed by atoms with Crippen LogP contribution in [0.2, 0.25) is 0 Å². The second-order valence-corrected chi connectivity index (χ2v) is 10.3. The van der Waals surface area contributed by atoms with Crippen LogP contribution in [-0.2, 0) is 31.6 Å². The van der Waals surface area contributed by atoms with Crippen LogP contribution in [-0.4, -0.2) is 24.7 Å². The zero-order chi connectivity index (χ0) is 19.6. The van der Waals surface area contributed by atoms with Gasteiger partial charge in [0.1, 0.15) is 22.8 Å². The average Bonchev–Trinajstić information content (AvgIpc) is 3.42. The van der Waals surface area contributed by atoms with E-state index in [0.717, 1.165) is 47.0 Å². The summed E-state index contributed by atoms with van der Waals surface area (Å²) in [6.07, 6.45) is 8.82. The highest BCUT2D eigenvalue weighted by Gasteiger charge is 2.19. The molecule has 0 saturated carbocycles. The minimum atomic E-state index is 0.629. The van der Waals surface area contributed by atoms with Crippen LogP contribution in [0.1, 0.15) is 40.4 Å². The first kappa shape index (κ1) is 19.0. The predicted molar refractivity (Wildman–Crippen MR) is 121 cm³/mol. The fourth-order valence-corrected chi connectivity index (χ4v) is 6.58. The highest BCUT2D eigenvalue weighted by Crippen LogP contribution is 2.37. The van der Waals surface area contributed by atoms with Gasteiger partial charge >= 0.3 is 0 Å². The third-order valence-electron chi connectivity index (χ3n) is 5.23. The summed E-state index contributed by atoms with van der Waals surface area (Å²) in [6.45, 7) is 0.871. The highest BCUT2D eigenvalue weighted by molar-refractivity contribution is 7.98. The number of anilines is 1. The summed E-state index contributed by atoms with van der Waals surface area (Å²) in [5.74, 6) is 2.04. The Morgan fingerprint density at radius 1 is 1.17 bits per heavy atom. The van der Waals surface area contributed by atoms with Crippen molar-refractivity contribution in [2.75, 3.05) is 5.73 Å². The minimum Gasteiger partial charge on any atom is -0.383 e. The smallest absolute Gasteiger partial charge is 0.191 e. The van der Waals surface area contributed by atoms with Crippen LogP contribution < -0.4 is 5.73 Å². The van der Waals surface area contributed by atoms with Gasteiger partial charge in [-0.1, -0.05) is 24.2 Å². The fourth-order valence-electron chi connectivity index (χ4n) is 3.80. The number of nitrogens with two attached hydrogens (primary N) is 1. The lowest BCUT2D eigenvalue weighted by atomic mass is 10.1. The largest absolute Gasteiger partial charge is 0.383 e. The van der Waals surface area contributed by atoms with Crippen molar-refractivity contribution >= 4 is 50.5 Å². The fraction of sp³-hybridized carbons (Fsp3) is 0.400. The lowest BCUT2D eigenvalue weighted by molar-refractivity contribution is 0.637. The zero-order valence-corrected chi connectivity index (χ0v) is 18.5. The van der Waals surface area contributed by atoms with Crippen molar-refractivity contribution in [2.24, 2.45) is 0 Å². The second kappa shape index (κ2) is 8.41. The molecule has 150 valence electrons. The quantitative estimate of drug-likeness (QED) is 0.343. The van der Waals surface area contributed by atoms with E-state index >= 15 is 0 Å². The maximum Gasteiger partial charge on any atom is 0.191 e. The number of thioether (sulfide) groups is 1. The molecular weight excluding hydrogens is 420 g/mol. The van der Waals surface area contributed by atoms with Gasteiger partial charge in [-0.25, -0.2) is 9.97 Å². The molecule has 4 aromatic rings. The Morgan fingerprint density at radius 3 is 3.00 bits per heavy atom. The van der Waals surface area contributed by atoms with Crippen molar-refractivity contribution in [2.45, 2.75) is 56.0 Å². The molecule has 0 aliphatic heterocycles. The summed E-state index contributed by atoms with van der Waals surface area (Å²) in [6, 6.07) is 4.25. The summed E-state index contributed by atoms with van der Waals surface area (Å²) in [4.78, 5) is 13.3. The Morgan fingerprint density at radius 2 is 2.10 bits per heavy atom. The van der Waals surface area contributed by atoms with Gasteiger partial charge in [-0.3, -0.25) is 0 Å². The van der Waals surface area contributed by atoms with Crippen molar-refractivity contribution in [1.29, 1.82) is 0 Å². The van der Waals surface area contributed by atoms with Gasteiger partial charge in [0.25, 0.3) is 0 Å². The highest BCUT2D eigenvalue weighted by atomic mass is 32.2. The van der Waals surface area contributed by atoms with Crippen molar-refractivity contribution < 1.29 is 0 Å². The number of fused-ring (bicyclic) bond motifs is 3. The number of aromatic nitrogens is 5. The van der Waals surface area contributed by atoms with E-state index in [1.165, 1.54) is 34.6 Å². The van der Waals surface area contributed by atoms with E-state index in [1.807, 2.05) is 0 Å². The molecule has 0 radical (unpaired) electrons. The molecule has 0 bridgehead atoms. The Bertz CT molecular complexity index is 1120. The maximum absolute atomic E-state index is 6.37. The molecule has 2 N–H and O–H groups in total. The van der Waals surface area contributed by atoms with Gasteiger partial charge in [0, 0.05) is 16.3 Å². The number of nitrogens with zero attached hydrogens (tertiary/aromatic N) is 5. The molecule has 1 aliphatic carbocycles. The molecule has 4 aromatic heterocycles. The molecule has 29 heavy (non-hydrogen) atoms. The van der Waals surface area contributed by atoms with E-state index in [2.05, 4.69) is 37.3 Å². The van der Waals surface area contributed by atoms with Crippen LogP contribution in [0.25, 0.3) is 10.2 Å². The number of hydrogen-bond donors (Lipinski definition) is 1. The minimum absolute atomic E-state index is 0.629.